The predicted octanol–water partition coefficient (Wildman–Crippen LogP) is 3.87. The molecule has 0 radical (unpaired) electrons. The lowest BCUT2D eigenvalue weighted by atomic mass is 10.00. The van der Waals surface area contributed by atoms with E-state index in [1.54, 1.807) is 0 Å². The zero-order chi connectivity index (χ0) is 14.8. The second-order valence-electron chi connectivity index (χ2n) is 6.09. The zero-order valence-electron chi connectivity index (χ0n) is 13.1. The van der Waals surface area contributed by atoms with Gasteiger partial charge in [-0.05, 0) is 51.3 Å². The Morgan fingerprint density at radius 1 is 1.10 bits per heavy atom. The third-order valence-electron chi connectivity index (χ3n) is 4.20. The molecule has 1 aliphatic heterocycles. The molecule has 1 aromatic heterocycles. The molecule has 21 heavy (non-hydrogen) atoms. The van der Waals surface area contributed by atoms with Gasteiger partial charge >= 0.3 is 0 Å². The molecule has 2 heterocycles. The van der Waals surface area contributed by atoms with Crippen LogP contribution < -0.4 is 5.32 Å². The molecular weight excluding hydrogens is 262 g/mol. The molecule has 0 aliphatic carbocycles. The van der Waals surface area contributed by atoms with Crippen molar-refractivity contribution in [2.75, 3.05) is 6.54 Å². The summed E-state index contributed by atoms with van der Waals surface area (Å²) in [6, 6.07) is 4.56. The third kappa shape index (κ3) is 3.00. The molecule has 2 aromatic rings. The maximum absolute atomic E-state index is 5.55. The minimum atomic E-state index is 0.232. The van der Waals surface area contributed by atoms with Crippen molar-refractivity contribution in [1.82, 2.24) is 15.5 Å². The van der Waals surface area contributed by atoms with Crippen LogP contribution in [-0.4, -0.2) is 16.7 Å². The lowest BCUT2D eigenvalue weighted by Crippen LogP contribution is -2.21. The van der Waals surface area contributed by atoms with Crippen molar-refractivity contribution in [3.63, 3.8) is 0 Å². The molecule has 3 rings (SSSR count). The molecule has 1 atom stereocenters. The van der Waals surface area contributed by atoms with E-state index in [4.69, 9.17) is 4.52 Å². The Labute approximate surface area is 126 Å². The van der Waals surface area contributed by atoms with Crippen molar-refractivity contribution < 1.29 is 4.52 Å². The Balaban J connectivity index is 1.91. The van der Waals surface area contributed by atoms with Crippen LogP contribution in [0.5, 0.6) is 0 Å². The Morgan fingerprint density at radius 2 is 1.86 bits per heavy atom. The first-order valence-corrected chi connectivity index (χ1v) is 7.80. The number of rotatable bonds is 2. The van der Waals surface area contributed by atoms with Crippen LogP contribution in [0.4, 0.5) is 0 Å². The van der Waals surface area contributed by atoms with Gasteiger partial charge in [0.15, 0.2) is 5.82 Å². The normalized spacial score (nSPS) is 19.5. The van der Waals surface area contributed by atoms with Crippen LogP contribution in [0.1, 0.15) is 54.2 Å². The van der Waals surface area contributed by atoms with E-state index >= 15 is 0 Å². The Bertz CT molecular complexity index is 602. The molecular formula is C17H23N3O. The Hall–Kier alpha value is -1.68. The summed E-state index contributed by atoms with van der Waals surface area (Å²) < 4.78 is 5.55. The van der Waals surface area contributed by atoms with Crippen LogP contribution in [0.3, 0.4) is 0 Å². The molecule has 4 heteroatoms. The molecule has 1 fully saturated rings. The van der Waals surface area contributed by atoms with Gasteiger partial charge in [0.25, 0.3) is 5.89 Å². The first-order valence-electron chi connectivity index (χ1n) is 7.80. The fourth-order valence-electron chi connectivity index (χ4n) is 3.24. The second-order valence-corrected chi connectivity index (χ2v) is 6.09. The van der Waals surface area contributed by atoms with Gasteiger partial charge in [0.2, 0.25) is 0 Å². The Morgan fingerprint density at radius 3 is 2.62 bits per heavy atom. The number of nitrogens with zero attached hydrogens (tertiary/aromatic N) is 2. The van der Waals surface area contributed by atoms with Gasteiger partial charge < -0.3 is 9.84 Å². The van der Waals surface area contributed by atoms with Gasteiger partial charge in [0, 0.05) is 5.56 Å². The molecule has 1 aromatic carbocycles. The zero-order valence-corrected chi connectivity index (χ0v) is 13.1. The van der Waals surface area contributed by atoms with Crippen molar-refractivity contribution in [2.45, 2.75) is 52.5 Å². The summed E-state index contributed by atoms with van der Waals surface area (Å²) in [5, 5.41) is 7.73. The van der Waals surface area contributed by atoms with E-state index in [1.807, 2.05) is 0 Å². The summed E-state index contributed by atoms with van der Waals surface area (Å²) >= 11 is 0. The van der Waals surface area contributed by atoms with E-state index in [-0.39, 0.29) is 6.04 Å². The summed E-state index contributed by atoms with van der Waals surface area (Å²) in [5.41, 5.74) is 4.72. The summed E-state index contributed by atoms with van der Waals surface area (Å²) in [7, 11) is 0. The minimum Gasteiger partial charge on any atom is -0.334 e. The molecule has 0 spiro atoms. The van der Waals surface area contributed by atoms with Crippen LogP contribution in [0, 0.1) is 20.8 Å². The molecule has 1 aliphatic rings. The van der Waals surface area contributed by atoms with Gasteiger partial charge in [0.05, 0.1) is 6.04 Å². The van der Waals surface area contributed by atoms with Crippen molar-refractivity contribution in [3.05, 3.63) is 34.6 Å². The lowest BCUT2D eigenvalue weighted by Gasteiger charge is -2.10. The summed E-state index contributed by atoms with van der Waals surface area (Å²) in [6.45, 7) is 7.35. The molecule has 1 N–H and O–H groups in total. The molecule has 0 bridgehead atoms. The van der Waals surface area contributed by atoms with Crippen LogP contribution >= 0.6 is 0 Å². The molecule has 4 nitrogen and oxygen atoms in total. The maximum atomic E-state index is 5.55. The van der Waals surface area contributed by atoms with Gasteiger partial charge in [-0.15, -0.1) is 0 Å². The lowest BCUT2D eigenvalue weighted by molar-refractivity contribution is 0.402. The minimum absolute atomic E-state index is 0.232. The molecule has 112 valence electrons. The highest BCUT2D eigenvalue weighted by molar-refractivity contribution is 5.63. The molecule has 0 saturated carbocycles. The van der Waals surface area contributed by atoms with Crippen molar-refractivity contribution in [1.29, 1.82) is 0 Å². The number of aromatic nitrogens is 2. The molecule has 1 saturated heterocycles. The number of benzene rings is 1. The second kappa shape index (κ2) is 5.98. The average Bonchev–Trinajstić information content (AvgIpc) is 2.72. The predicted molar refractivity (Wildman–Crippen MR) is 83.2 cm³/mol. The van der Waals surface area contributed by atoms with Gasteiger partial charge in [-0.25, -0.2) is 0 Å². The largest absolute Gasteiger partial charge is 0.334 e. The van der Waals surface area contributed by atoms with Crippen LogP contribution in [0.25, 0.3) is 11.5 Å². The first-order chi connectivity index (χ1) is 10.1. The number of hydrogen-bond donors (Lipinski definition) is 1. The van der Waals surface area contributed by atoms with Crippen molar-refractivity contribution in [2.24, 2.45) is 0 Å². The fourth-order valence-corrected chi connectivity index (χ4v) is 3.24. The van der Waals surface area contributed by atoms with E-state index in [2.05, 4.69) is 48.4 Å². The van der Waals surface area contributed by atoms with E-state index in [0.717, 1.165) is 24.4 Å². The average molecular weight is 285 g/mol. The standard InChI is InChI=1S/C17H23N3O/c1-11-9-12(2)15(13(3)10-11)17-19-16(20-21-17)14-7-5-4-6-8-18-14/h9-10,14,18H,4-8H2,1-3H3. The highest BCUT2D eigenvalue weighted by Crippen LogP contribution is 2.29. The van der Waals surface area contributed by atoms with E-state index in [0.29, 0.717) is 5.89 Å². The van der Waals surface area contributed by atoms with E-state index in [9.17, 15) is 0 Å². The topological polar surface area (TPSA) is 51.0 Å². The summed E-state index contributed by atoms with van der Waals surface area (Å²) in [5.74, 6) is 1.44. The van der Waals surface area contributed by atoms with Crippen molar-refractivity contribution >= 4 is 0 Å². The first kappa shape index (κ1) is 14.3. The van der Waals surface area contributed by atoms with Gasteiger partial charge in [-0.3, -0.25) is 0 Å². The third-order valence-corrected chi connectivity index (χ3v) is 4.20. The number of hydrogen-bond acceptors (Lipinski definition) is 4. The molecule has 1 unspecified atom stereocenters. The van der Waals surface area contributed by atoms with E-state index < -0.39 is 0 Å². The van der Waals surface area contributed by atoms with Gasteiger partial charge in [0.1, 0.15) is 0 Å². The number of aryl methyl sites for hydroxylation is 3. The highest BCUT2D eigenvalue weighted by atomic mass is 16.5. The smallest absolute Gasteiger partial charge is 0.258 e. The summed E-state index contributed by atoms with van der Waals surface area (Å²) in [4.78, 5) is 4.66. The van der Waals surface area contributed by atoms with Crippen LogP contribution in [-0.2, 0) is 0 Å². The van der Waals surface area contributed by atoms with Crippen LogP contribution in [0.2, 0.25) is 0 Å². The summed E-state index contributed by atoms with van der Waals surface area (Å²) in [6.07, 6.45) is 4.83. The SMILES string of the molecule is Cc1cc(C)c(-c2nc(C3CCCCCN3)no2)c(C)c1. The monoisotopic (exact) mass is 285 g/mol. The van der Waals surface area contributed by atoms with Gasteiger partial charge in [-0.2, -0.15) is 4.98 Å². The highest BCUT2D eigenvalue weighted by Gasteiger charge is 2.21. The van der Waals surface area contributed by atoms with Crippen molar-refractivity contribution in [3.8, 4) is 11.5 Å². The van der Waals surface area contributed by atoms with Gasteiger partial charge in [-0.1, -0.05) is 35.7 Å². The fraction of sp³-hybridized carbons (Fsp3) is 0.529. The molecule has 0 amide bonds. The Kier molecular flexibility index (Phi) is 4.06. The maximum Gasteiger partial charge on any atom is 0.258 e. The van der Waals surface area contributed by atoms with E-state index in [1.165, 1.54) is 36.0 Å². The quantitative estimate of drug-likeness (QED) is 0.910. The number of nitrogens with one attached hydrogen (secondary N) is 1. The van der Waals surface area contributed by atoms with Crippen LogP contribution in [0.15, 0.2) is 16.7 Å².